The van der Waals surface area contributed by atoms with Crippen LogP contribution in [-0.2, 0) is 14.3 Å². The number of hydrazone groups is 1. The quantitative estimate of drug-likeness (QED) is 0.478. The molecule has 2 aromatic carbocycles. The molecule has 1 heterocycles. The van der Waals surface area contributed by atoms with Crippen LogP contribution in [0.1, 0.15) is 54.8 Å². The van der Waals surface area contributed by atoms with Gasteiger partial charge in [-0.3, -0.25) is 9.59 Å². The molecule has 8 heteroatoms. The first-order chi connectivity index (χ1) is 17.9. The van der Waals surface area contributed by atoms with Gasteiger partial charge < -0.3 is 19.1 Å². The van der Waals surface area contributed by atoms with E-state index in [9.17, 15) is 9.59 Å². The number of rotatable bonds is 10. The smallest absolute Gasteiger partial charge is 0.262 e. The highest BCUT2D eigenvalue weighted by molar-refractivity contribution is 6.05. The zero-order chi connectivity index (χ0) is 26.4. The van der Waals surface area contributed by atoms with E-state index in [4.69, 9.17) is 19.3 Å². The van der Waals surface area contributed by atoms with Crippen LogP contribution in [0, 0.1) is 12.8 Å². The molecule has 4 rings (SSSR count). The van der Waals surface area contributed by atoms with Crippen LogP contribution in [0.5, 0.6) is 11.5 Å². The molecule has 0 radical (unpaired) electrons. The molecule has 0 N–H and O–H groups in total. The molecule has 2 aliphatic rings. The molecule has 0 bridgehead atoms. The maximum Gasteiger partial charge on any atom is 0.262 e. The highest BCUT2D eigenvalue weighted by Gasteiger charge is 2.36. The zero-order valence-electron chi connectivity index (χ0n) is 22.2. The molecule has 2 amide bonds. The lowest BCUT2D eigenvalue weighted by Gasteiger charge is -2.28. The first kappa shape index (κ1) is 26.7. The summed E-state index contributed by atoms with van der Waals surface area (Å²) in [6, 6.07) is 13.5. The van der Waals surface area contributed by atoms with Gasteiger partial charge in [0.15, 0.2) is 0 Å². The molecule has 8 nitrogen and oxygen atoms in total. The second-order valence-electron chi connectivity index (χ2n) is 9.72. The van der Waals surface area contributed by atoms with Crippen LogP contribution in [0.4, 0.5) is 0 Å². The molecule has 0 aromatic heterocycles. The number of methoxy groups -OCH3 is 3. The van der Waals surface area contributed by atoms with Crippen LogP contribution in [0.2, 0.25) is 0 Å². The van der Waals surface area contributed by atoms with Gasteiger partial charge in [-0.1, -0.05) is 42.7 Å². The minimum absolute atomic E-state index is 0.0150. The Hall–Kier alpha value is -3.39. The molecule has 2 aromatic rings. The molecule has 0 saturated heterocycles. The van der Waals surface area contributed by atoms with Crippen molar-refractivity contribution >= 4 is 17.5 Å². The minimum atomic E-state index is -0.277. The summed E-state index contributed by atoms with van der Waals surface area (Å²) in [6.07, 6.45) is 4.41. The van der Waals surface area contributed by atoms with E-state index >= 15 is 0 Å². The van der Waals surface area contributed by atoms with Crippen molar-refractivity contribution in [2.45, 2.75) is 45.1 Å². The molecule has 37 heavy (non-hydrogen) atoms. The van der Waals surface area contributed by atoms with E-state index in [2.05, 4.69) is 0 Å². The lowest BCUT2D eigenvalue weighted by atomic mass is 9.97. The average molecular weight is 508 g/mol. The van der Waals surface area contributed by atoms with E-state index in [1.54, 1.807) is 31.2 Å². The second kappa shape index (κ2) is 12.2. The van der Waals surface area contributed by atoms with Crippen LogP contribution >= 0.6 is 0 Å². The highest BCUT2D eigenvalue weighted by Crippen LogP contribution is 2.36. The number of nitrogens with zero attached hydrogens (tertiary/aromatic N) is 3. The summed E-state index contributed by atoms with van der Waals surface area (Å²) in [5.74, 6) is 1.12. The Labute approximate surface area is 219 Å². The van der Waals surface area contributed by atoms with E-state index in [-0.39, 0.29) is 30.3 Å². The predicted octanol–water partition coefficient (Wildman–Crippen LogP) is 4.36. The van der Waals surface area contributed by atoms with Crippen molar-refractivity contribution in [3.8, 4) is 11.5 Å². The van der Waals surface area contributed by atoms with Crippen molar-refractivity contribution < 1.29 is 23.8 Å². The van der Waals surface area contributed by atoms with Gasteiger partial charge in [-0.05, 0) is 37.5 Å². The second-order valence-corrected chi connectivity index (χ2v) is 9.72. The summed E-state index contributed by atoms with van der Waals surface area (Å²) in [5.41, 5.74) is 3.71. The van der Waals surface area contributed by atoms with Gasteiger partial charge in [0.05, 0.1) is 32.6 Å². The molecule has 1 aliphatic heterocycles. The lowest BCUT2D eigenvalue weighted by molar-refractivity contribution is -0.144. The summed E-state index contributed by atoms with van der Waals surface area (Å²) < 4.78 is 16.2. The van der Waals surface area contributed by atoms with Crippen molar-refractivity contribution in [1.82, 2.24) is 9.91 Å². The van der Waals surface area contributed by atoms with Gasteiger partial charge in [-0.15, -0.1) is 0 Å². The third-order valence-corrected chi connectivity index (χ3v) is 7.26. The van der Waals surface area contributed by atoms with Crippen molar-refractivity contribution in [3.05, 3.63) is 59.2 Å². The summed E-state index contributed by atoms with van der Waals surface area (Å²) >= 11 is 0. The van der Waals surface area contributed by atoms with Gasteiger partial charge >= 0.3 is 0 Å². The summed E-state index contributed by atoms with van der Waals surface area (Å²) in [7, 11) is 4.82. The van der Waals surface area contributed by atoms with E-state index in [0.29, 0.717) is 31.1 Å². The molecule has 1 fully saturated rings. The third-order valence-electron chi connectivity index (χ3n) is 7.26. The SMILES string of the molecule is COCCN(CC(=O)N1N=C(c2ccc(OC)cc2OC)CC1c1ccc(C)cc1)C(=O)C1CCCC1. The number of carbonyl (C=O) groups is 2. The van der Waals surface area contributed by atoms with E-state index < -0.39 is 0 Å². The maximum absolute atomic E-state index is 13.8. The molecule has 1 aliphatic carbocycles. The first-order valence-corrected chi connectivity index (χ1v) is 12.9. The van der Waals surface area contributed by atoms with Gasteiger partial charge in [0.1, 0.15) is 18.0 Å². The Morgan fingerprint density at radius 1 is 1.03 bits per heavy atom. The molecular formula is C29H37N3O5. The van der Waals surface area contributed by atoms with Gasteiger partial charge in [-0.25, -0.2) is 5.01 Å². The van der Waals surface area contributed by atoms with Gasteiger partial charge in [-0.2, -0.15) is 5.10 Å². The van der Waals surface area contributed by atoms with Crippen LogP contribution in [0.3, 0.4) is 0 Å². The molecule has 1 atom stereocenters. The standard InChI is InChI=1S/C29H37N3O5/c1-20-9-11-21(12-10-20)26-18-25(24-14-13-23(36-3)17-27(24)37-4)30-32(26)28(33)19-31(15-16-35-2)29(34)22-7-5-6-8-22/h9-14,17,22,26H,5-8,15-16,18-19H2,1-4H3. The van der Waals surface area contributed by atoms with Crippen LogP contribution in [-0.4, -0.2) is 68.5 Å². The van der Waals surface area contributed by atoms with Gasteiger partial charge in [0, 0.05) is 37.6 Å². The summed E-state index contributed by atoms with van der Waals surface area (Å²) in [5, 5.41) is 6.35. The van der Waals surface area contributed by atoms with Crippen molar-refractivity contribution in [1.29, 1.82) is 0 Å². The van der Waals surface area contributed by atoms with Crippen LogP contribution in [0.15, 0.2) is 47.6 Å². The number of aryl methyl sites for hydroxylation is 1. The molecule has 1 unspecified atom stereocenters. The van der Waals surface area contributed by atoms with Crippen molar-refractivity contribution in [3.63, 3.8) is 0 Å². The fourth-order valence-electron chi connectivity index (χ4n) is 5.12. The Balaban J connectivity index is 1.64. The van der Waals surface area contributed by atoms with E-state index in [1.807, 2.05) is 49.4 Å². The third kappa shape index (κ3) is 6.13. The van der Waals surface area contributed by atoms with Crippen LogP contribution in [0.25, 0.3) is 0 Å². The number of carbonyl (C=O) groups excluding carboxylic acids is 2. The fraction of sp³-hybridized carbons (Fsp3) is 0.483. The first-order valence-electron chi connectivity index (χ1n) is 12.9. The average Bonchev–Trinajstić information content (AvgIpc) is 3.61. The van der Waals surface area contributed by atoms with Gasteiger partial charge in [0.25, 0.3) is 5.91 Å². The number of ether oxygens (including phenoxy) is 3. The number of hydrogen-bond donors (Lipinski definition) is 0. The number of hydrogen-bond acceptors (Lipinski definition) is 6. The molecular weight excluding hydrogens is 470 g/mol. The minimum Gasteiger partial charge on any atom is -0.497 e. The monoisotopic (exact) mass is 507 g/mol. The Morgan fingerprint density at radius 2 is 1.76 bits per heavy atom. The van der Waals surface area contributed by atoms with Crippen molar-refractivity contribution in [2.75, 3.05) is 41.0 Å². The Kier molecular flexibility index (Phi) is 8.82. The normalized spacial score (nSPS) is 17.6. The molecule has 0 spiro atoms. The summed E-state index contributed by atoms with van der Waals surface area (Å²) in [6.45, 7) is 2.76. The van der Waals surface area contributed by atoms with Crippen molar-refractivity contribution in [2.24, 2.45) is 11.0 Å². The highest BCUT2D eigenvalue weighted by atomic mass is 16.5. The lowest BCUT2D eigenvalue weighted by Crippen LogP contribution is -2.44. The topological polar surface area (TPSA) is 80.7 Å². The predicted molar refractivity (Wildman–Crippen MR) is 142 cm³/mol. The van der Waals surface area contributed by atoms with Crippen LogP contribution < -0.4 is 9.47 Å². The number of amides is 2. The molecule has 198 valence electrons. The maximum atomic E-state index is 13.8. The van der Waals surface area contributed by atoms with E-state index in [0.717, 1.165) is 48.1 Å². The number of benzene rings is 2. The summed E-state index contributed by atoms with van der Waals surface area (Å²) in [4.78, 5) is 28.7. The largest absolute Gasteiger partial charge is 0.497 e. The fourth-order valence-corrected chi connectivity index (χ4v) is 5.12. The Bertz CT molecular complexity index is 1120. The van der Waals surface area contributed by atoms with Gasteiger partial charge in [0.2, 0.25) is 5.91 Å². The zero-order valence-corrected chi connectivity index (χ0v) is 22.2. The Morgan fingerprint density at radius 3 is 2.41 bits per heavy atom. The molecule has 1 saturated carbocycles. The van der Waals surface area contributed by atoms with E-state index in [1.165, 1.54) is 0 Å².